The van der Waals surface area contributed by atoms with Gasteiger partial charge in [0, 0.05) is 29.6 Å². The maximum atomic E-state index is 13.5. The highest BCUT2D eigenvalue weighted by Crippen LogP contribution is 2.34. The van der Waals surface area contributed by atoms with E-state index in [2.05, 4.69) is 25.9 Å². The molecule has 1 unspecified atom stereocenters. The van der Waals surface area contributed by atoms with Gasteiger partial charge in [0.1, 0.15) is 6.23 Å². The number of carbonyl (C=O) groups excluding carboxylic acids is 2. The lowest BCUT2D eigenvalue weighted by Crippen LogP contribution is -2.31. The minimum atomic E-state index is -1.29. The molecule has 3 heterocycles. The fraction of sp³-hybridized carbons (Fsp3) is 0.172. The van der Waals surface area contributed by atoms with Crippen molar-refractivity contribution < 1.29 is 23.5 Å². The van der Waals surface area contributed by atoms with Crippen LogP contribution in [0, 0.1) is 11.6 Å². The number of amides is 2. The first kappa shape index (κ1) is 27.6. The molecule has 0 bridgehead atoms. The molecule has 5 rings (SSSR count). The number of aromatic nitrogens is 3. The minimum Gasteiger partial charge on any atom is -0.374 e. The van der Waals surface area contributed by atoms with Crippen molar-refractivity contribution in [2.75, 3.05) is 17.2 Å². The van der Waals surface area contributed by atoms with Gasteiger partial charge in [0.05, 0.1) is 35.9 Å². The number of hydrogen-bond donors (Lipinski definition) is 5. The van der Waals surface area contributed by atoms with Crippen molar-refractivity contribution in [1.82, 2.24) is 19.9 Å². The summed E-state index contributed by atoms with van der Waals surface area (Å²) in [6, 6.07) is 11.6. The average molecular weight is 561 g/mol. The van der Waals surface area contributed by atoms with Gasteiger partial charge in [0.2, 0.25) is 5.91 Å². The summed E-state index contributed by atoms with van der Waals surface area (Å²) in [6.45, 7) is 0.246. The lowest BCUT2D eigenvalue weighted by Gasteiger charge is -2.15. The van der Waals surface area contributed by atoms with Gasteiger partial charge in [0.15, 0.2) is 11.6 Å². The summed E-state index contributed by atoms with van der Waals surface area (Å²) in [5.74, 6) is -2.49. The Bertz CT molecular complexity index is 1680. The van der Waals surface area contributed by atoms with Gasteiger partial charge in [0.25, 0.3) is 11.5 Å². The molecule has 1 aliphatic heterocycles. The van der Waals surface area contributed by atoms with E-state index in [4.69, 9.17) is 0 Å². The standard InChI is InChI=1S/C29H26F2N6O4/c30-23-7-5-17(11-24(23)31)15-37-10-2-3-20(29(37)41)27(39)33-9-1-4-26(38)35-18-6-8-25-21(12-18)22(28(40)36-25)13-19-14-32-16-34-19/h2-3,5-8,10-14,16,27,33,39H,1,4,9,15H2,(H,32,34)(H,35,38)(H,36,40)/b22-13-. The number of fused-ring (bicyclic) bond motifs is 1. The summed E-state index contributed by atoms with van der Waals surface area (Å²) in [4.78, 5) is 44.6. The van der Waals surface area contributed by atoms with E-state index in [1.54, 1.807) is 36.5 Å². The zero-order valence-corrected chi connectivity index (χ0v) is 21.7. The first-order chi connectivity index (χ1) is 19.8. The molecule has 12 heteroatoms. The van der Waals surface area contributed by atoms with E-state index < -0.39 is 23.4 Å². The Balaban J connectivity index is 1.13. The molecule has 2 aromatic heterocycles. The largest absolute Gasteiger partial charge is 0.374 e. The van der Waals surface area contributed by atoms with E-state index in [0.717, 1.165) is 12.1 Å². The fourth-order valence-corrected chi connectivity index (χ4v) is 4.45. The Morgan fingerprint density at radius 3 is 2.76 bits per heavy atom. The Kier molecular flexibility index (Phi) is 8.13. The van der Waals surface area contributed by atoms with Crippen LogP contribution in [0.4, 0.5) is 20.2 Å². The summed E-state index contributed by atoms with van der Waals surface area (Å²) in [5.41, 5.74) is 2.94. The van der Waals surface area contributed by atoms with Crippen molar-refractivity contribution >= 4 is 34.8 Å². The van der Waals surface area contributed by atoms with Crippen molar-refractivity contribution in [3.8, 4) is 0 Å². The Hall–Kier alpha value is -4.94. The lowest BCUT2D eigenvalue weighted by atomic mass is 10.1. The third kappa shape index (κ3) is 6.45. The van der Waals surface area contributed by atoms with E-state index in [0.29, 0.717) is 40.2 Å². The van der Waals surface area contributed by atoms with Crippen LogP contribution in [0.25, 0.3) is 11.6 Å². The van der Waals surface area contributed by atoms with Gasteiger partial charge >= 0.3 is 0 Å². The third-order valence-electron chi connectivity index (χ3n) is 6.50. The molecule has 2 amide bonds. The number of aliphatic hydroxyl groups excluding tert-OH is 1. The van der Waals surface area contributed by atoms with Crippen LogP contribution >= 0.6 is 0 Å². The number of anilines is 2. The number of nitrogens with zero attached hydrogens (tertiary/aromatic N) is 2. The van der Waals surface area contributed by atoms with Crippen molar-refractivity contribution in [1.29, 1.82) is 0 Å². The summed E-state index contributed by atoms with van der Waals surface area (Å²) >= 11 is 0. The zero-order chi connectivity index (χ0) is 28.9. The van der Waals surface area contributed by atoms with Crippen molar-refractivity contribution in [2.24, 2.45) is 0 Å². The maximum absolute atomic E-state index is 13.5. The molecule has 1 aliphatic rings. The highest BCUT2D eigenvalue weighted by Gasteiger charge is 2.25. The number of halogens is 2. The normalized spacial score (nSPS) is 14.1. The molecule has 4 aromatic rings. The smallest absolute Gasteiger partial charge is 0.258 e. The van der Waals surface area contributed by atoms with Crippen LogP contribution in [-0.2, 0) is 16.1 Å². The number of aromatic amines is 1. The van der Waals surface area contributed by atoms with Crippen LogP contribution < -0.4 is 21.5 Å². The SMILES string of the molecule is O=C(CCCNC(O)c1cccn(Cc2ccc(F)c(F)c2)c1=O)Nc1ccc2c(c1)/C(=C/c1cnc[nH]1)C(=O)N2. The minimum absolute atomic E-state index is 0.00410. The predicted octanol–water partition coefficient (Wildman–Crippen LogP) is 3.39. The van der Waals surface area contributed by atoms with Crippen molar-refractivity contribution in [3.63, 3.8) is 0 Å². The van der Waals surface area contributed by atoms with Gasteiger partial charge in [-0.1, -0.05) is 6.07 Å². The summed E-state index contributed by atoms with van der Waals surface area (Å²) in [7, 11) is 0. The number of H-pyrrole nitrogens is 1. The first-order valence-electron chi connectivity index (χ1n) is 12.8. The van der Waals surface area contributed by atoms with Gasteiger partial charge in [-0.05, 0) is 67.1 Å². The van der Waals surface area contributed by atoms with E-state index in [9.17, 15) is 28.3 Å². The Morgan fingerprint density at radius 2 is 1.98 bits per heavy atom. The number of rotatable bonds is 10. The second kappa shape index (κ2) is 12.1. The summed E-state index contributed by atoms with van der Waals surface area (Å²) in [6.07, 6.45) is 5.50. The molecule has 0 fully saturated rings. The number of hydrogen-bond acceptors (Lipinski definition) is 6. The lowest BCUT2D eigenvalue weighted by molar-refractivity contribution is -0.116. The topological polar surface area (TPSA) is 141 Å². The van der Waals surface area contributed by atoms with Gasteiger partial charge < -0.3 is 25.3 Å². The molecule has 0 aliphatic carbocycles. The molecule has 10 nitrogen and oxygen atoms in total. The molecular formula is C29H26F2N6O4. The van der Waals surface area contributed by atoms with E-state index in [-0.39, 0.29) is 36.9 Å². The second-order valence-electron chi connectivity index (χ2n) is 9.43. The van der Waals surface area contributed by atoms with Gasteiger partial charge in [-0.2, -0.15) is 0 Å². The number of carbonyl (C=O) groups is 2. The number of benzene rings is 2. The van der Waals surface area contributed by atoms with Crippen molar-refractivity contribution in [2.45, 2.75) is 25.6 Å². The van der Waals surface area contributed by atoms with Crippen LogP contribution in [0.3, 0.4) is 0 Å². The van der Waals surface area contributed by atoms with Crippen molar-refractivity contribution in [3.05, 3.63) is 112 Å². The van der Waals surface area contributed by atoms with Gasteiger partial charge in [-0.15, -0.1) is 0 Å². The van der Waals surface area contributed by atoms with Crippen LogP contribution in [0.2, 0.25) is 0 Å². The molecule has 5 N–H and O–H groups in total. The predicted molar refractivity (Wildman–Crippen MR) is 149 cm³/mol. The van der Waals surface area contributed by atoms with Crippen LogP contribution in [0.1, 0.15) is 41.5 Å². The van der Waals surface area contributed by atoms with Crippen LogP contribution in [0.15, 0.2) is 72.0 Å². The zero-order valence-electron chi connectivity index (χ0n) is 21.7. The van der Waals surface area contributed by atoms with Gasteiger partial charge in [-0.3, -0.25) is 19.7 Å². The number of nitrogens with one attached hydrogen (secondary N) is 4. The number of imidazole rings is 1. The molecular weight excluding hydrogens is 534 g/mol. The van der Waals surface area contributed by atoms with Gasteiger partial charge in [-0.25, -0.2) is 13.8 Å². The summed E-state index contributed by atoms with van der Waals surface area (Å²) in [5, 5.41) is 18.9. The third-order valence-corrected chi connectivity index (χ3v) is 6.50. The van der Waals surface area contributed by atoms with E-state index >= 15 is 0 Å². The van der Waals surface area contributed by atoms with Crippen LogP contribution in [0.5, 0.6) is 0 Å². The summed E-state index contributed by atoms with van der Waals surface area (Å²) < 4.78 is 28.0. The highest BCUT2D eigenvalue weighted by molar-refractivity contribution is 6.35. The van der Waals surface area contributed by atoms with E-state index in [1.165, 1.54) is 29.2 Å². The quantitative estimate of drug-likeness (QED) is 0.114. The number of pyridine rings is 1. The fourth-order valence-electron chi connectivity index (χ4n) is 4.45. The molecule has 0 spiro atoms. The number of aliphatic hydroxyl groups is 1. The Labute approximate surface area is 232 Å². The molecule has 0 saturated carbocycles. The molecule has 0 saturated heterocycles. The molecule has 210 valence electrons. The van der Waals surface area contributed by atoms with E-state index in [1.807, 2.05) is 0 Å². The maximum Gasteiger partial charge on any atom is 0.258 e. The molecule has 0 radical (unpaired) electrons. The average Bonchev–Trinajstić information content (AvgIpc) is 3.57. The monoisotopic (exact) mass is 560 g/mol. The second-order valence-corrected chi connectivity index (χ2v) is 9.43. The highest BCUT2D eigenvalue weighted by atomic mass is 19.2. The van der Waals surface area contributed by atoms with Crippen LogP contribution in [-0.4, -0.2) is 38.0 Å². The Morgan fingerprint density at radius 1 is 1.12 bits per heavy atom. The molecule has 41 heavy (non-hydrogen) atoms. The molecule has 2 aromatic carbocycles. The molecule has 1 atom stereocenters. The first-order valence-corrected chi connectivity index (χ1v) is 12.8.